The molecule has 6 nitrogen and oxygen atoms in total. The number of phenolic OH excluding ortho intramolecular Hbond substituents is 2. The minimum atomic E-state index is -0.233. The van der Waals surface area contributed by atoms with Crippen LogP contribution in [0.1, 0.15) is 96.8 Å². The van der Waals surface area contributed by atoms with Gasteiger partial charge in [-0.25, -0.2) is 0 Å². The van der Waals surface area contributed by atoms with Crippen LogP contribution in [0.2, 0.25) is 0 Å². The number of rotatable bonds is 9. The first-order chi connectivity index (χ1) is 20.5. The Labute approximate surface area is 251 Å². The first-order valence-electron chi connectivity index (χ1n) is 15.9. The molecule has 1 amide bonds. The molecule has 5 rings (SSSR count). The van der Waals surface area contributed by atoms with Gasteiger partial charge in [-0.05, 0) is 94.2 Å². The van der Waals surface area contributed by atoms with E-state index in [2.05, 4.69) is 27.2 Å². The van der Waals surface area contributed by atoms with Gasteiger partial charge in [-0.15, -0.1) is 0 Å². The van der Waals surface area contributed by atoms with E-state index in [1.165, 1.54) is 51.4 Å². The molecule has 2 heterocycles. The molecular weight excluding hydrogens is 522 g/mol. The van der Waals surface area contributed by atoms with E-state index in [-0.39, 0.29) is 17.9 Å². The fourth-order valence-electron chi connectivity index (χ4n) is 6.65. The summed E-state index contributed by atoms with van der Waals surface area (Å²) in [6, 6.07) is 20.9. The summed E-state index contributed by atoms with van der Waals surface area (Å²) >= 11 is 0. The van der Waals surface area contributed by atoms with Crippen molar-refractivity contribution in [3.05, 3.63) is 94.5 Å². The first-order valence-corrected chi connectivity index (χ1v) is 15.9. The summed E-state index contributed by atoms with van der Waals surface area (Å²) < 4.78 is 0. The van der Waals surface area contributed by atoms with Crippen molar-refractivity contribution < 1.29 is 15.0 Å². The van der Waals surface area contributed by atoms with Crippen LogP contribution < -0.4 is 5.32 Å². The van der Waals surface area contributed by atoms with Gasteiger partial charge < -0.3 is 15.5 Å². The molecular formula is C36H47N3O3. The largest absolute Gasteiger partial charge is 0.508 e. The smallest absolute Gasteiger partial charge is 0.251 e. The van der Waals surface area contributed by atoms with Gasteiger partial charge in [-0.2, -0.15) is 0 Å². The second-order valence-corrected chi connectivity index (χ2v) is 12.3. The predicted octanol–water partition coefficient (Wildman–Crippen LogP) is 6.80. The highest BCUT2D eigenvalue weighted by Gasteiger charge is 2.26. The van der Waals surface area contributed by atoms with Crippen LogP contribution >= 0.6 is 0 Å². The Morgan fingerprint density at radius 1 is 0.690 bits per heavy atom. The van der Waals surface area contributed by atoms with Crippen LogP contribution in [0.3, 0.4) is 0 Å². The third-order valence-corrected chi connectivity index (χ3v) is 9.01. The summed E-state index contributed by atoms with van der Waals surface area (Å²) in [5.74, 6) is 0.357. The Balaban J connectivity index is 1.47. The molecule has 42 heavy (non-hydrogen) atoms. The average molecular weight is 570 g/mol. The van der Waals surface area contributed by atoms with Gasteiger partial charge in [0.25, 0.3) is 5.91 Å². The highest BCUT2D eigenvalue weighted by molar-refractivity contribution is 5.94. The molecule has 3 N–H and O–H groups in total. The maximum Gasteiger partial charge on any atom is 0.251 e. The first kappa shape index (κ1) is 30.1. The number of likely N-dealkylation sites (tertiary alicyclic amines) is 2. The van der Waals surface area contributed by atoms with Crippen LogP contribution in [0, 0.1) is 0 Å². The van der Waals surface area contributed by atoms with E-state index in [4.69, 9.17) is 0 Å². The molecule has 0 spiro atoms. The lowest BCUT2D eigenvalue weighted by atomic mass is 9.84. The number of benzene rings is 3. The van der Waals surface area contributed by atoms with E-state index in [0.717, 1.165) is 48.4 Å². The van der Waals surface area contributed by atoms with Gasteiger partial charge >= 0.3 is 0 Å². The lowest BCUT2D eigenvalue weighted by molar-refractivity contribution is 0.0937. The van der Waals surface area contributed by atoms with E-state index in [1.54, 1.807) is 12.1 Å². The Morgan fingerprint density at radius 3 is 1.60 bits per heavy atom. The van der Waals surface area contributed by atoms with Crippen molar-refractivity contribution in [1.29, 1.82) is 0 Å². The van der Waals surface area contributed by atoms with E-state index in [1.807, 2.05) is 49.4 Å². The molecule has 2 fully saturated rings. The Kier molecular flexibility index (Phi) is 10.5. The molecule has 6 heteroatoms. The van der Waals surface area contributed by atoms with Crippen molar-refractivity contribution in [3.63, 3.8) is 0 Å². The van der Waals surface area contributed by atoms with Crippen LogP contribution in [-0.4, -0.2) is 58.1 Å². The van der Waals surface area contributed by atoms with Crippen LogP contribution in [-0.2, 0) is 13.1 Å². The summed E-state index contributed by atoms with van der Waals surface area (Å²) in [5.41, 5.74) is 4.56. The minimum Gasteiger partial charge on any atom is -0.508 e. The normalized spacial score (nSPS) is 17.9. The predicted molar refractivity (Wildman–Crippen MR) is 169 cm³/mol. The highest BCUT2D eigenvalue weighted by Crippen LogP contribution is 2.35. The standard InChI is InChI=1S/C36H47N3O3/c1-27(37-36(42)28-13-7-6-8-14-28)35(29-15-17-33(40)31(23-29)25-38-19-9-2-3-10-20-38)30-16-18-34(41)32(24-30)26-39-21-11-4-5-12-22-39/h6-8,13-18,23-24,27,35,40-41H,2-5,9-12,19-22,25-26H2,1H3,(H,37,42). The Morgan fingerprint density at radius 2 is 1.14 bits per heavy atom. The lowest BCUT2D eigenvalue weighted by Gasteiger charge is -2.28. The Bertz CT molecular complexity index is 1220. The minimum absolute atomic E-state index is 0.111. The Hall–Kier alpha value is -3.35. The number of amides is 1. The zero-order chi connectivity index (χ0) is 29.3. The van der Waals surface area contributed by atoms with Crippen molar-refractivity contribution in [2.75, 3.05) is 26.2 Å². The summed E-state index contributed by atoms with van der Waals surface area (Å²) in [4.78, 5) is 18.1. The second-order valence-electron chi connectivity index (χ2n) is 12.3. The highest BCUT2D eigenvalue weighted by atomic mass is 16.3. The van der Waals surface area contributed by atoms with Crippen LogP contribution in [0.5, 0.6) is 11.5 Å². The van der Waals surface area contributed by atoms with Gasteiger partial charge in [0.15, 0.2) is 0 Å². The number of phenols is 2. The molecule has 0 saturated carbocycles. The van der Waals surface area contributed by atoms with Crippen molar-refractivity contribution in [1.82, 2.24) is 15.1 Å². The number of carbonyl (C=O) groups excluding carboxylic acids is 1. The van der Waals surface area contributed by atoms with Gasteiger partial charge in [0, 0.05) is 41.7 Å². The topological polar surface area (TPSA) is 76.0 Å². The third kappa shape index (κ3) is 7.93. The molecule has 1 unspecified atom stereocenters. The molecule has 3 aromatic carbocycles. The SMILES string of the molecule is CC(NC(=O)c1ccccc1)C(c1ccc(O)c(CN2CCCCCC2)c1)c1ccc(O)c(CN2CCCCCC2)c1. The molecule has 3 aromatic rings. The maximum atomic E-state index is 13.3. The lowest BCUT2D eigenvalue weighted by Crippen LogP contribution is -2.37. The van der Waals surface area contributed by atoms with Gasteiger partial charge in [0.2, 0.25) is 0 Å². The number of hydrogen-bond acceptors (Lipinski definition) is 5. The quantitative estimate of drug-likeness (QED) is 0.264. The van der Waals surface area contributed by atoms with Gasteiger partial charge in [0.05, 0.1) is 0 Å². The molecule has 0 radical (unpaired) electrons. The van der Waals surface area contributed by atoms with E-state index in [0.29, 0.717) is 30.2 Å². The summed E-state index contributed by atoms with van der Waals surface area (Å²) in [6.07, 6.45) is 9.84. The molecule has 0 aromatic heterocycles. The molecule has 2 saturated heterocycles. The van der Waals surface area contributed by atoms with Crippen LogP contribution in [0.15, 0.2) is 66.7 Å². The van der Waals surface area contributed by atoms with E-state index >= 15 is 0 Å². The summed E-state index contributed by atoms with van der Waals surface area (Å²) in [5, 5.41) is 25.0. The van der Waals surface area contributed by atoms with Crippen LogP contribution in [0.4, 0.5) is 0 Å². The van der Waals surface area contributed by atoms with Crippen molar-refractivity contribution in [3.8, 4) is 11.5 Å². The van der Waals surface area contributed by atoms with Gasteiger partial charge in [-0.3, -0.25) is 14.6 Å². The maximum absolute atomic E-state index is 13.3. The van der Waals surface area contributed by atoms with E-state index in [9.17, 15) is 15.0 Å². The monoisotopic (exact) mass is 569 g/mol. The molecule has 1 atom stereocenters. The van der Waals surface area contributed by atoms with Gasteiger partial charge in [-0.1, -0.05) is 68.1 Å². The average Bonchev–Trinajstić information content (AvgIpc) is 3.42. The number of aromatic hydroxyl groups is 2. The van der Waals surface area contributed by atoms with Gasteiger partial charge in [0.1, 0.15) is 11.5 Å². The fraction of sp³-hybridized carbons (Fsp3) is 0.472. The zero-order valence-electron chi connectivity index (χ0n) is 25.1. The molecule has 0 bridgehead atoms. The summed E-state index contributed by atoms with van der Waals surface area (Å²) in [7, 11) is 0. The van der Waals surface area contributed by atoms with Crippen molar-refractivity contribution in [2.45, 2.75) is 83.3 Å². The fourth-order valence-corrected chi connectivity index (χ4v) is 6.65. The van der Waals surface area contributed by atoms with E-state index < -0.39 is 0 Å². The molecule has 224 valence electrons. The molecule has 2 aliphatic rings. The second kappa shape index (κ2) is 14.7. The number of nitrogens with zero attached hydrogens (tertiary/aromatic N) is 2. The zero-order valence-corrected chi connectivity index (χ0v) is 25.1. The number of carbonyl (C=O) groups is 1. The molecule has 2 aliphatic heterocycles. The number of nitrogens with one attached hydrogen (secondary N) is 1. The summed E-state index contributed by atoms with van der Waals surface area (Å²) in [6.45, 7) is 7.68. The van der Waals surface area contributed by atoms with Crippen molar-refractivity contribution >= 4 is 5.91 Å². The molecule has 0 aliphatic carbocycles. The van der Waals surface area contributed by atoms with Crippen molar-refractivity contribution in [2.24, 2.45) is 0 Å². The third-order valence-electron chi connectivity index (χ3n) is 9.01. The number of hydrogen-bond donors (Lipinski definition) is 3. The van der Waals surface area contributed by atoms with Crippen LogP contribution in [0.25, 0.3) is 0 Å².